The summed E-state index contributed by atoms with van der Waals surface area (Å²) in [5, 5.41) is 0. The van der Waals surface area contributed by atoms with Crippen molar-refractivity contribution in [3.8, 4) is 0 Å². The van der Waals surface area contributed by atoms with E-state index in [0.29, 0.717) is 6.54 Å². The number of nitrogens with two attached hydrogens (primary N) is 1. The summed E-state index contributed by atoms with van der Waals surface area (Å²) in [6, 6.07) is 2.01. The first-order chi connectivity index (χ1) is 7.26. The van der Waals surface area contributed by atoms with Crippen molar-refractivity contribution in [3.63, 3.8) is 0 Å². The SMILES string of the molecule is CCCSCc1nc(C)cc(CCN)n1. The molecule has 0 radical (unpaired) electrons. The normalized spacial score (nSPS) is 10.6. The van der Waals surface area contributed by atoms with Crippen molar-refractivity contribution < 1.29 is 0 Å². The second kappa shape index (κ2) is 6.80. The van der Waals surface area contributed by atoms with Crippen LogP contribution in [0.15, 0.2) is 6.07 Å². The fourth-order valence-electron chi connectivity index (χ4n) is 1.35. The van der Waals surface area contributed by atoms with E-state index in [2.05, 4.69) is 16.9 Å². The Bertz CT molecular complexity index is 302. The molecule has 3 nitrogen and oxygen atoms in total. The maximum atomic E-state index is 5.52. The Morgan fingerprint density at radius 3 is 2.87 bits per heavy atom. The van der Waals surface area contributed by atoms with Crippen molar-refractivity contribution in [2.75, 3.05) is 12.3 Å². The molecular formula is C11H19N3S. The molecule has 0 unspecified atom stereocenters. The van der Waals surface area contributed by atoms with Gasteiger partial charge in [0.25, 0.3) is 0 Å². The highest BCUT2D eigenvalue weighted by atomic mass is 32.2. The predicted octanol–water partition coefficient (Wildman–Crippen LogP) is 1.93. The molecule has 4 heteroatoms. The molecule has 0 fully saturated rings. The average molecular weight is 225 g/mol. The van der Waals surface area contributed by atoms with Crippen molar-refractivity contribution >= 4 is 11.8 Å². The molecule has 1 aromatic rings. The van der Waals surface area contributed by atoms with E-state index in [-0.39, 0.29) is 0 Å². The molecule has 2 N–H and O–H groups in total. The summed E-state index contributed by atoms with van der Waals surface area (Å²) >= 11 is 1.89. The first-order valence-corrected chi connectivity index (χ1v) is 6.53. The van der Waals surface area contributed by atoms with Crippen LogP contribution in [0.1, 0.15) is 30.6 Å². The standard InChI is InChI=1S/C11H19N3S/c1-3-6-15-8-11-13-9(2)7-10(14-11)4-5-12/h7H,3-6,8,12H2,1-2H3. The first kappa shape index (κ1) is 12.5. The number of nitrogens with zero attached hydrogens (tertiary/aromatic N) is 2. The second-order valence-electron chi connectivity index (χ2n) is 3.51. The van der Waals surface area contributed by atoms with Crippen molar-refractivity contribution in [1.29, 1.82) is 0 Å². The highest BCUT2D eigenvalue weighted by Gasteiger charge is 2.01. The number of hydrogen-bond donors (Lipinski definition) is 1. The van der Waals surface area contributed by atoms with Crippen LogP contribution < -0.4 is 5.73 Å². The molecule has 0 aliphatic carbocycles. The lowest BCUT2D eigenvalue weighted by atomic mass is 10.2. The Kier molecular flexibility index (Phi) is 5.65. The van der Waals surface area contributed by atoms with Gasteiger partial charge in [0.05, 0.1) is 5.75 Å². The molecule has 0 amide bonds. The van der Waals surface area contributed by atoms with Gasteiger partial charge in [0, 0.05) is 17.8 Å². The summed E-state index contributed by atoms with van der Waals surface area (Å²) in [6.07, 6.45) is 2.04. The van der Waals surface area contributed by atoms with Crippen LogP contribution in [-0.4, -0.2) is 22.3 Å². The summed E-state index contributed by atoms with van der Waals surface area (Å²) in [7, 11) is 0. The fraction of sp³-hybridized carbons (Fsp3) is 0.636. The monoisotopic (exact) mass is 225 g/mol. The van der Waals surface area contributed by atoms with Crippen molar-refractivity contribution in [3.05, 3.63) is 23.3 Å². The summed E-state index contributed by atoms with van der Waals surface area (Å²) in [5.41, 5.74) is 7.63. The average Bonchev–Trinajstić information content (AvgIpc) is 2.18. The van der Waals surface area contributed by atoms with Gasteiger partial charge in [-0.2, -0.15) is 11.8 Å². The third-order valence-corrected chi connectivity index (χ3v) is 3.09. The summed E-state index contributed by atoms with van der Waals surface area (Å²) in [4.78, 5) is 8.90. The van der Waals surface area contributed by atoms with E-state index in [0.717, 1.165) is 29.4 Å². The van der Waals surface area contributed by atoms with E-state index in [1.54, 1.807) is 0 Å². The van der Waals surface area contributed by atoms with Crippen LogP contribution in [-0.2, 0) is 12.2 Å². The molecule has 0 atom stereocenters. The molecule has 15 heavy (non-hydrogen) atoms. The van der Waals surface area contributed by atoms with Crippen molar-refractivity contribution in [2.45, 2.75) is 32.4 Å². The fourth-order valence-corrected chi connectivity index (χ4v) is 2.09. The quantitative estimate of drug-likeness (QED) is 0.752. The number of aromatic nitrogens is 2. The zero-order valence-electron chi connectivity index (χ0n) is 9.49. The molecular weight excluding hydrogens is 206 g/mol. The smallest absolute Gasteiger partial charge is 0.138 e. The van der Waals surface area contributed by atoms with Gasteiger partial charge < -0.3 is 5.73 Å². The predicted molar refractivity (Wildman–Crippen MR) is 66.0 cm³/mol. The minimum absolute atomic E-state index is 0.651. The van der Waals surface area contributed by atoms with Crippen LogP contribution in [0, 0.1) is 6.92 Å². The number of rotatable bonds is 6. The van der Waals surface area contributed by atoms with Gasteiger partial charge in [0.1, 0.15) is 5.82 Å². The Morgan fingerprint density at radius 2 is 2.20 bits per heavy atom. The number of hydrogen-bond acceptors (Lipinski definition) is 4. The van der Waals surface area contributed by atoms with Crippen LogP contribution >= 0.6 is 11.8 Å². The highest BCUT2D eigenvalue weighted by molar-refractivity contribution is 7.98. The van der Waals surface area contributed by atoms with Gasteiger partial charge in [-0.05, 0) is 31.7 Å². The van der Waals surface area contributed by atoms with E-state index in [4.69, 9.17) is 5.73 Å². The zero-order chi connectivity index (χ0) is 11.1. The topological polar surface area (TPSA) is 51.8 Å². The van der Waals surface area contributed by atoms with E-state index < -0.39 is 0 Å². The van der Waals surface area contributed by atoms with Gasteiger partial charge in [-0.1, -0.05) is 6.92 Å². The molecule has 0 saturated carbocycles. The molecule has 1 aromatic heterocycles. The lowest BCUT2D eigenvalue weighted by Crippen LogP contribution is -2.07. The van der Waals surface area contributed by atoms with E-state index in [1.165, 1.54) is 12.2 Å². The van der Waals surface area contributed by atoms with Crippen LogP contribution in [0.4, 0.5) is 0 Å². The third kappa shape index (κ3) is 4.62. The molecule has 0 aromatic carbocycles. The van der Waals surface area contributed by atoms with E-state index in [1.807, 2.05) is 24.8 Å². The van der Waals surface area contributed by atoms with Crippen LogP contribution in [0.25, 0.3) is 0 Å². The largest absolute Gasteiger partial charge is 0.330 e. The summed E-state index contributed by atoms with van der Waals surface area (Å²) in [5.74, 6) is 3.02. The Morgan fingerprint density at radius 1 is 1.40 bits per heavy atom. The van der Waals surface area contributed by atoms with Crippen molar-refractivity contribution in [1.82, 2.24) is 9.97 Å². The lowest BCUT2D eigenvalue weighted by molar-refractivity contribution is 0.871. The lowest BCUT2D eigenvalue weighted by Gasteiger charge is -2.04. The van der Waals surface area contributed by atoms with Crippen LogP contribution in [0.5, 0.6) is 0 Å². The molecule has 0 saturated heterocycles. The number of aryl methyl sites for hydroxylation is 1. The summed E-state index contributed by atoms with van der Waals surface area (Å²) < 4.78 is 0. The molecule has 0 spiro atoms. The molecule has 1 rings (SSSR count). The van der Waals surface area contributed by atoms with Gasteiger partial charge in [-0.25, -0.2) is 9.97 Å². The van der Waals surface area contributed by atoms with E-state index in [9.17, 15) is 0 Å². The number of thioether (sulfide) groups is 1. The maximum absolute atomic E-state index is 5.52. The highest BCUT2D eigenvalue weighted by Crippen LogP contribution is 2.11. The minimum atomic E-state index is 0.651. The second-order valence-corrected chi connectivity index (χ2v) is 4.61. The molecule has 0 aliphatic heterocycles. The molecule has 0 aliphatic rings. The maximum Gasteiger partial charge on any atom is 0.138 e. The minimum Gasteiger partial charge on any atom is -0.330 e. The van der Waals surface area contributed by atoms with Gasteiger partial charge in [-0.15, -0.1) is 0 Å². The Labute approximate surface area is 95.9 Å². The van der Waals surface area contributed by atoms with Crippen molar-refractivity contribution in [2.24, 2.45) is 5.73 Å². The van der Waals surface area contributed by atoms with Crippen LogP contribution in [0.2, 0.25) is 0 Å². The van der Waals surface area contributed by atoms with Gasteiger partial charge in [0.2, 0.25) is 0 Å². The van der Waals surface area contributed by atoms with Gasteiger partial charge in [-0.3, -0.25) is 0 Å². The Hall–Kier alpha value is -0.610. The van der Waals surface area contributed by atoms with E-state index >= 15 is 0 Å². The van der Waals surface area contributed by atoms with Gasteiger partial charge in [0.15, 0.2) is 0 Å². The first-order valence-electron chi connectivity index (χ1n) is 5.37. The molecule has 1 heterocycles. The third-order valence-electron chi connectivity index (χ3n) is 1.93. The summed E-state index contributed by atoms with van der Waals surface area (Å²) in [6.45, 7) is 4.84. The zero-order valence-corrected chi connectivity index (χ0v) is 10.3. The van der Waals surface area contributed by atoms with Crippen LogP contribution in [0.3, 0.4) is 0 Å². The molecule has 84 valence electrons. The Balaban J connectivity index is 2.62. The molecule has 0 bridgehead atoms. The van der Waals surface area contributed by atoms with Gasteiger partial charge >= 0.3 is 0 Å².